The summed E-state index contributed by atoms with van der Waals surface area (Å²) in [6, 6.07) is 14.9. The van der Waals surface area contributed by atoms with Crippen LogP contribution in [0.25, 0.3) is 21.8 Å². The fourth-order valence-electron chi connectivity index (χ4n) is 4.42. The van der Waals surface area contributed by atoms with Gasteiger partial charge in [-0.15, -0.1) is 11.3 Å². The van der Waals surface area contributed by atoms with Crippen LogP contribution in [-0.4, -0.2) is 37.1 Å². The topological polar surface area (TPSA) is 90.5 Å². The molecule has 1 aliphatic carbocycles. The molecule has 8 heteroatoms. The Hall–Kier alpha value is -3.91. The van der Waals surface area contributed by atoms with Crippen LogP contribution in [-0.2, 0) is 6.42 Å². The van der Waals surface area contributed by atoms with E-state index >= 15 is 0 Å². The van der Waals surface area contributed by atoms with Gasteiger partial charge in [0.05, 0.1) is 32.6 Å². The molecule has 1 N–H and O–H groups in total. The van der Waals surface area contributed by atoms with Crippen molar-refractivity contribution in [3.8, 4) is 39.1 Å². The Labute approximate surface area is 206 Å². The normalized spacial score (nSPS) is 14.9. The van der Waals surface area contributed by atoms with E-state index in [0.29, 0.717) is 46.2 Å². The van der Waals surface area contributed by atoms with E-state index < -0.39 is 0 Å². The Bertz CT molecular complexity index is 1460. The minimum atomic E-state index is -0.250. The lowest BCUT2D eigenvalue weighted by Gasteiger charge is -2.24. The first-order valence-corrected chi connectivity index (χ1v) is 12.0. The van der Waals surface area contributed by atoms with Crippen molar-refractivity contribution >= 4 is 17.1 Å². The summed E-state index contributed by atoms with van der Waals surface area (Å²) >= 11 is 1.38. The molecule has 2 aromatic heterocycles. The van der Waals surface area contributed by atoms with Crippen LogP contribution < -0.4 is 19.8 Å². The number of methoxy groups -OCH3 is 3. The number of fused-ring (bicyclic) bond motifs is 1. The summed E-state index contributed by atoms with van der Waals surface area (Å²) < 4.78 is 15.9. The van der Waals surface area contributed by atoms with Gasteiger partial charge >= 0.3 is 0 Å². The highest BCUT2D eigenvalue weighted by Crippen LogP contribution is 2.37. The number of hydrogen-bond acceptors (Lipinski definition) is 7. The van der Waals surface area contributed by atoms with E-state index in [1.165, 1.54) is 11.3 Å². The van der Waals surface area contributed by atoms with Gasteiger partial charge in [0, 0.05) is 28.6 Å². The van der Waals surface area contributed by atoms with Gasteiger partial charge in [-0.25, -0.2) is 4.98 Å². The van der Waals surface area contributed by atoms with Crippen molar-refractivity contribution in [2.24, 2.45) is 0 Å². The first-order chi connectivity index (χ1) is 17.0. The molecule has 0 amide bonds. The van der Waals surface area contributed by atoms with Crippen molar-refractivity contribution < 1.29 is 19.0 Å². The summed E-state index contributed by atoms with van der Waals surface area (Å²) in [5.74, 6) is 1.95. The van der Waals surface area contributed by atoms with Crippen LogP contribution in [0.1, 0.15) is 34.0 Å². The van der Waals surface area contributed by atoms with Gasteiger partial charge in [-0.2, -0.15) is 0 Å². The van der Waals surface area contributed by atoms with Gasteiger partial charge < -0.3 is 19.2 Å². The Morgan fingerprint density at radius 3 is 2.37 bits per heavy atom. The number of aromatic amines is 1. The maximum atomic E-state index is 13.1. The molecule has 0 radical (unpaired) electrons. The summed E-state index contributed by atoms with van der Waals surface area (Å²) in [7, 11) is 4.79. The molecular weight excluding hydrogens is 464 g/mol. The standard InChI is InChI=1S/C27H24N2O5S/c1-32-18-7-4-15(5-8-18)22-14-35-27(29-22)20-13-19-21(28-26(20)31)10-17(11-23(19)30)16-6-9-24(33-2)25(12-16)34-3/h4-9,12-14,17H,10-11H2,1-3H3,(H,28,31)/t17-/m0/s1. The van der Waals surface area contributed by atoms with E-state index in [0.717, 1.165) is 22.6 Å². The van der Waals surface area contributed by atoms with Crippen LogP contribution in [0.2, 0.25) is 0 Å². The Kier molecular flexibility index (Phi) is 6.13. The molecule has 1 atom stereocenters. The SMILES string of the molecule is COc1ccc(-c2csc(-c3cc4c([nH]c3=O)C[C@H](c3ccc(OC)c(OC)c3)CC4=O)n2)cc1. The maximum Gasteiger partial charge on any atom is 0.258 e. The highest BCUT2D eigenvalue weighted by molar-refractivity contribution is 7.13. The Morgan fingerprint density at radius 2 is 1.66 bits per heavy atom. The molecule has 0 saturated heterocycles. The average molecular weight is 489 g/mol. The predicted molar refractivity (Wildman–Crippen MR) is 135 cm³/mol. The van der Waals surface area contributed by atoms with Crippen LogP contribution in [0.3, 0.4) is 0 Å². The van der Waals surface area contributed by atoms with Crippen molar-refractivity contribution in [2.45, 2.75) is 18.8 Å². The lowest BCUT2D eigenvalue weighted by molar-refractivity contribution is 0.0963. The first kappa shape index (κ1) is 22.9. The lowest BCUT2D eigenvalue weighted by Crippen LogP contribution is -2.24. The van der Waals surface area contributed by atoms with Crippen molar-refractivity contribution in [2.75, 3.05) is 21.3 Å². The second-order valence-electron chi connectivity index (χ2n) is 8.31. The van der Waals surface area contributed by atoms with Gasteiger partial charge in [-0.05, 0) is 60.4 Å². The van der Waals surface area contributed by atoms with E-state index in [4.69, 9.17) is 14.2 Å². The monoisotopic (exact) mass is 488 g/mol. The zero-order chi connectivity index (χ0) is 24.5. The number of nitrogens with zero attached hydrogens (tertiary/aromatic N) is 1. The molecule has 0 unspecified atom stereocenters. The summed E-state index contributed by atoms with van der Waals surface area (Å²) in [6.45, 7) is 0. The van der Waals surface area contributed by atoms with Gasteiger partial charge in [0.25, 0.3) is 5.56 Å². The highest BCUT2D eigenvalue weighted by Gasteiger charge is 2.29. The van der Waals surface area contributed by atoms with Crippen molar-refractivity contribution in [3.63, 3.8) is 0 Å². The van der Waals surface area contributed by atoms with E-state index in [2.05, 4.69) is 9.97 Å². The van der Waals surface area contributed by atoms with Gasteiger partial charge in [0.1, 0.15) is 10.8 Å². The van der Waals surface area contributed by atoms with Gasteiger partial charge in [-0.1, -0.05) is 6.07 Å². The van der Waals surface area contributed by atoms with Crippen LogP contribution >= 0.6 is 11.3 Å². The molecule has 178 valence electrons. The van der Waals surface area contributed by atoms with Crippen LogP contribution in [0.5, 0.6) is 17.2 Å². The molecule has 0 aliphatic heterocycles. The molecule has 4 aromatic rings. The molecular formula is C27H24N2O5S. The van der Waals surface area contributed by atoms with Crippen LogP contribution in [0.15, 0.2) is 58.7 Å². The molecule has 2 aromatic carbocycles. The summed E-state index contributed by atoms with van der Waals surface area (Å²) in [5, 5.41) is 2.49. The zero-order valence-electron chi connectivity index (χ0n) is 19.6. The molecule has 5 rings (SSSR count). The molecule has 1 aliphatic rings. The lowest BCUT2D eigenvalue weighted by atomic mass is 9.81. The number of thiazole rings is 1. The first-order valence-electron chi connectivity index (χ1n) is 11.1. The highest BCUT2D eigenvalue weighted by atomic mass is 32.1. The van der Waals surface area contributed by atoms with Crippen LogP contribution in [0.4, 0.5) is 0 Å². The van der Waals surface area contributed by atoms with E-state index in [-0.39, 0.29) is 17.3 Å². The molecule has 0 saturated carbocycles. The summed E-state index contributed by atoms with van der Waals surface area (Å²) in [4.78, 5) is 33.7. The Morgan fingerprint density at radius 1 is 0.886 bits per heavy atom. The maximum absolute atomic E-state index is 13.1. The minimum absolute atomic E-state index is 0.00420. The van der Waals surface area contributed by atoms with E-state index in [1.807, 2.05) is 47.8 Å². The molecule has 35 heavy (non-hydrogen) atoms. The predicted octanol–water partition coefficient (Wildman–Crippen LogP) is 5.10. The largest absolute Gasteiger partial charge is 0.497 e. The third-order valence-corrected chi connectivity index (χ3v) is 7.18. The number of H-pyrrole nitrogens is 1. The molecule has 2 heterocycles. The number of carbonyl (C=O) groups is 1. The Balaban J connectivity index is 1.44. The second-order valence-corrected chi connectivity index (χ2v) is 9.17. The third kappa shape index (κ3) is 4.33. The molecule has 0 fully saturated rings. The third-order valence-electron chi connectivity index (χ3n) is 6.30. The molecule has 0 spiro atoms. The fourth-order valence-corrected chi connectivity index (χ4v) is 5.27. The number of ketones is 1. The molecule has 0 bridgehead atoms. The number of nitrogens with one attached hydrogen (secondary N) is 1. The van der Waals surface area contributed by atoms with Crippen molar-refractivity contribution in [3.05, 3.63) is 81.1 Å². The number of carbonyl (C=O) groups excluding carboxylic acids is 1. The number of ether oxygens (including phenoxy) is 3. The number of rotatable bonds is 6. The number of benzene rings is 2. The smallest absolute Gasteiger partial charge is 0.258 e. The molecule has 7 nitrogen and oxygen atoms in total. The number of aromatic nitrogens is 2. The number of hydrogen-bond donors (Lipinski definition) is 1. The second kappa shape index (κ2) is 9.38. The van der Waals surface area contributed by atoms with E-state index in [1.54, 1.807) is 27.4 Å². The van der Waals surface area contributed by atoms with Crippen molar-refractivity contribution in [1.82, 2.24) is 9.97 Å². The average Bonchev–Trinajstić information content (AvgIpc) is 3.38. The van der Waals surface area contributed by atoms with Crippen molar-refractivity contribution in [1.29, 1.82) is 0 Å². The minimum Gasteiger partial charge on any atom is -0.497 e. The number of pyridine rings is 1. The van der Waals surface area contributed by atoms with Gasteiger partial charge in [0.2, 0.25) is 0 Å². The van der Waals surface area contributed by atoms with E-state index in [9.17, 15) is 9.59 Å². The fraction of sp³-hybridized carbons (Fsp3) is 0.222. The number of Topliss-reactive ketones (excluding diaryl/α,β-unsaturated/α-hetero) is 1. The van der Waals surface area contributed by atoms with Crippen LogP contribution in [0, 0.1) is 0 Å². The van der Waals surface area contributed by atoms with Gasteiger partial charge in [-0.3, -0.25) is 9.59 Å². The quantitative estimate of drug-likeness (QED) is 0.406. The van der Waals surface area contributed by atoms with Gasteiger partial charge in [0.15, 0.2) is 17.3 Å². The summed E-state index contributed by atoms with van der Waals surface area (Å²) in [5.41, 5.74) is 4.03. The summed E-state index contributed by atoms with van der Waals surface area (Å²) in [6.07, 6.45) is 0.907. The zero-order valence-corrected chi connectivity index (χ0v) is 20.4.